The molecule has 2 fully saturated rings. The van der Waals surface area contributed by atoms with Crippen molar-refractivity contribution >= 4 is 11.7 Å². The zero-order chi connectivity index (χ0) is 20.8. The molecule has 0 aliphatic carbocycles. The molecule has 1 aromatic carbocycles. The van der Waals surface area contributed by atoms with E-state index in [9.17, 15) is 4.79 Å². The summed E-state index contributed by atoms with van der Waals surface area (Å²) in [4.78, 5) is 17.2. The van der Waals surface area contributed by atoms with E-state index in [1.807, 2.05) is 36.4 Å². The molecule has 6 nitrogen and oxygen atoms in total. The number of aromatic nitrogens is 2. The fourth-order valence-electron chi connectivity index (χ4n) is 4.28. The molecule has 0 saturated carbocycles. The maximum absolute atomic E-state index is 12.4. The molecule has 30 heavy (non-hydrogen) atoms. The summed E-state index contributed by atoms with van der Waals surface area (Å²) in [5.41, 5.74) is 2.50. The van der Waals surface area contributed by atoms with Gasteiger partial charge < -0.3 is 15.1 Å². The van der Waals surface area contributed by atoms with Gasteiger partial charge in [-0.3, -0.25) is 4.79 Å². The van der Waals surface area contributed by atoms with Crippen LogP contribution in [0.2, 0.25) is 0 Å². The summed E-state index contributed by atoms with van der Waals surface area (Å²) in [7, 11) is 0. The highest BCUT2D eigenvalue weighted by Crippen LogP contribution is 2.21. The number of piperidine rings is 1. The van der Waals surface area contributed by atoms with Crippen molar-refractivity contribution < 1.29 is 4.79 Å². The molecule has 1 amide bonds. The second-order valence-corrected chi connectivity index (χ2v) is 8.68. The Bertz CT molecular complexity index is 806. The summed E-state index contributed by atoms with van der Waals surface area (Å²) in [5, 5.41) is 11.8. The van der Waals surface area contributed by atoms with Crippen molar-refractivity contribution in [2.75, 3.05) is 44.2 Å². The molecule has 1 aromatic heterocycles. The van der Waals surface area contributed by atoms with Crippen molar-refractivity contribution in [1.82, 2.24) is 20.4 Å². The molecule has 0 bridgehead atoms. The van der Waals surface area contributed by atoms with Gasteiger partial charge in [0.05, 0.1) is 5.69 Å². The van der Waals surface area contributed by atoms with Crippen molar-refractivity contribution in [3.63, 3.8) is 0 Å². The fourth-order valence-corrected chi connectivity index (χ4v) is 4.28. The van der Waals surface area contributed by atoms with Crippen LogP contribution in [0.3, 0.4) is 0 Å². The second kappa shape index (κ2) is 10.0. The van der Waals surface area contributed by atoms with Gasteiger partial charge in [0.2, 0.25) is 0 Å². The standard InChI is InChI=1S/C24H33N5O/c1-19-11-17-28(18-12-19)14-4-13-25-24(30)21-7-5-20(6-8-21)22-9-10-23(27-26-22)29-15-2-3-16-29/h5-10,19H,2-4,11-18H2,1H3,(H,25,30). The van der Waals surface area contributed by atoms with Crippen LogP contribution in [0.1, 0.15) is 49.4 Å². The first-order valence-electron chi connectivity index (χ1n) is 11.4. The molecule has 0 atom stereocenters. The third-order valence-corrected chi connectivity index (χ3v) is 6.34. The lowest BCUT2D eigenvalue weighted by Gasteiger charge is -2.30. The monoisotopic (exact) mass is 407 g/mol. The average molecular weight is 408 g/mol. The fraction of sp³-hybridized carbons (Fsp3) is 0.542. The summed E-state index contributed by atoms with van der Waals surface area (Å²) >= 11 is 0. The maximum Gasteiger partial charge on any atom is 0.251 e. The third kappa shape index (κ3) is 5.36. The van der Waals surface area contributed by atoms with E-state index in [1.165, 1.54) is 38.8 Å². The van der Waals surface area contributed by atoms with Crippen molar-refractivity contribution in [2.45, 2.75) is 39.0 Å². The number of hydrogen-bond acceptors (Lipinski definition) is 5. The lowest BCUT2D eigenvalue weighted by atomic mass is 9.99. The van der Waals surface area contributed by atoms with Gasteiger partial charge in [0, 0.05) is 30.8 Å². The van der Waals surface area contributed by atoms with Crippen LogP contribution in [0.25, 0.3) is 11.3 Å². The Kier molecular flexibility index (Phi) is 6.95. The molecule has 0 spiro atoms. The second-order valence-electron chi connectivity index (χ2n) is 8.68. The first-order chi connectivity index (χ1) is 14.7. The van der Waals surface area contributed by atoms with Crippen molar-refractivity contribution in [3.05, 3.63) is 42.0 Å². The van der Waals surface area contributed by atoms with E-state index in [1.54, 1.807) is 0 Å². The SMILES string of the molecule is CC1CCN(CCCNC(=O)c2ccc(-c3ccc(N4CCCC4)nn3)cc2)CC1. The number of anilines is 1. The lowest BCUT2D eigenvalue weighted by molar-refractivity contribution is 0.0950. The van der Waals surface area contributed by atoms with Crippen molar-refractivity contribution in [2.24, 2.45) is 5.92 Å². The Balaban J connectivity index is 1.24. The Hall–Kier alpha value is -2.47. The lowest BCUT2D eigenvalue weighted by Crippen LogP contribution is -2.35. The molecule has 6 heteroatoms. The molecule has 2 aliphatic heterocycles. The topological polar surface area (TPSA) is 61.4 Å². The van der Waals surface area contributed by atoms with Gasteiger partial charge >= 0.3 is 0 Å². The maximum atomic E-state index is 12.4. The molecule has 2 saturated heterocycles. The number of likely N-dealkylation sites (tertiary alicyclic amines) is 1. The number of amides is 1. The summed E-state index contributed by atoms with van der Waals surface area (Å²) < 4.78 is 0. The summed E-state index contributed by atoms with van der Waals surface area (Å²) in [5.74, 6) is 1.80. The van der Waals surface area contributed by atoms with Crippen LogP contribution in [0.4, 0.5) is 5.82 Å². The quantitative estimate of drug-likeness (QED) is 0.711. The number of nitrogens with zero attached hydrogens (tertiary/aromatic N) is 4. The molecule has 0 radical (unpaired) electrons. The van der Waals surface area contributed by atoms with Gasteiger partial charge in [-0.15, -0.1) is 10.2 Å². The molecule has 3 heterocycles. The van der Waals surface area contributed by atoms with E-state index < -0.39 is 0 Å². The normalized spacial score (nSPS) is 18.0. The highest BCUT2D eigenvalue weighted by atomic mass is 16.1. The number of rotatable bonds is 7. The smallest absolute Gasteiger partial charge is 0.251 e. The third-order valence-electron chi connectivity index (χ3n) is 6.34. The van der Waals surface area contributed by atoms with Crippen LogP contribution in [0, 0.1) is 5.92 Å². The summed E-state index contributed by atoms with van der Waals surface area (Å²) in [6.45, 7) is 8.63. The molecule has 0 unspecified atom stereocenters. The molecule has 2 aliphatic rings. The van der Waals surface area contributed by atoms with E-state index in [0.29, 0.717) is 5.56 Å². The van der Waals surface area contributed by atoms with Crippen LogP contribution in [-0.2, 0) is 0 Å². The van der Waals surface area contributed by atoms with E-state index in [2.05, 4.69) is 32.2 Å². The Morgan fingerprint density at radius 2 is 1.73 bits per heavy atom. The minimum absolute atomic E-state index is 0.00992. The molecule has 4 rings (SSSR count). The largest absolute Gasteiger partial charge is 0.355 e. The Morgan fingerprint density at radius 1 is 1.00 bits per heavy atom. The first kappa shape index (κ1) is 20.8. The highest BCUT2D eigenvalue weighted by molar-refractivity contribution is 5.94. The van der Waals surface area contributed by atoms with Gasteiger partial charge in [-0.1, -0.05) is 19.1 Å². The Labute approximate surface area is 179 Å². The Morgan fingerprint density at radius 3 is 2.40 bits per heavy atom. The summed E-state index contributed by atoms with van der Waals surface area (Å²) in [6, 6.07) is 11.7. The minimum atomic E-state index is -0.00992. The van der Waals surface area contributed by atoms with Gasteiger partial charge in [-0.2, -0.15) is 0 Å². The number of carbonyl (C=O) groups is 1. The van der Waals surface area contributed by atoms with Gasteiger partial charge in [0.1, 0.15) is 0 Å². The minimum Gasteiger partial charge on any atom is -0.355 e. The van der Waals surface area contributed by atoms with Crippen LogP contribution in [0.15, 0.2) is 36.4 Å². The zero-order valence-electron chi connectivity index (χ0n) is 18.0. The van der Waals surface area contributed by atoms with Crippen LogP contribution < -0.4 is 10.2 Å². The van der Waals surface area contributed by atoms with E-state index in [4.69, 9.17) is 0 Å². The number of benzene rings is 1. The first-order valence-corrected chi connectivity index (χ1v) is 11.4. The van der Waals surface area contributed by atoms with Crippen molar-refractivity contribution in [3.8, 4) is 11.3 Å². The van der Waals surface area contributed by atoms with Crippen molar-refractivity contribution in [1.29, 1.82) is 0 Å². The molecular formula is C24H33N5O. The molecule has 1 N–H and O–H groups in total. The van der Waals surface area contributed by atoms with Crippen LogP contribution >= 0.6 is 0 Å². The predicted octanol–water partition coefficient (Wildman–Crippen LogP) is 3.60. The van der Waals surface area contributed by atoms with Crippen LogP contribution in [0.5, 0.6) is 0 Å². The predicted molar refractivity (Wildman–Crippen MR) is 121 cm³/mol. The number of nitrogens with one attached hydrogen (secondary N) is 1. The molecule has 2 aromatic rings. The van der Waals surface area contributed by atoms with Gasteiger partial charge in [-0.25, -0.2) is 0 Å². The average Bonchev–Trinajstić information content (AvgIpc) is 3.33. The van der Waals surface area contributed by atoms with Gasteiger partial charge in [0.25, 0.3) is 5.91 Å². The number of carbonyl (C=O) groups excluding carboxylic acids is 1. The zero-order valence-corrected chi connectivity index (χ0v) is 18.0. The highest BCUT2D eigenvalue weighted by Gasteiger charge is 2.16. The number of hydrogen-bond donors (Lipinski definition) is 1. The van der Waals surface area contributed by atoms with Crippen LogP contribution in [-0.4, -0.2) is 60.3 Å². The van der Waals surface area contributed by atoms with Gasteiger partial charge in [0.15, 0.2) is 5.82 Å². The molecule has 160 valence electrons. The molecular weight excluding hydrogens is 374 g/mol. The van der Waals surface area contributed by atoms with Gasteiger partial charge in [-0.05, 0) is 81.9 Å². The van der Waals surface area contributed by atoms with E-state index in [0.717, 1.165) is 55.6 Å². The summed E-state index contributed by atoms with van der Waals surface area (Å²) in [6.07, 6.45) is 6.04. The van der Waals surface area contributed by atoms with E-state index >= 15 is 0 Å². The van der Waals surface area contributed by atoms with E-state index in [-0.39, 0.29) is 5.91 Å².